The van der Waals surface area contributed by atoms with Gasteiger partial charge in [-0.2, -0.15) is 31.4 Å². The molecule has 0 amide bonds. The first kappa shape index (κ1) is 20.4. The van der Waals surface area contributed by atoms with Gasteiger partial charge in [0, 0.05) is 30.9 Å². The lowest BCUT2D eigenvalue weighted by molar-refractivity contribution is -0.174. The van der Waals surface area contributed by atoms with Crippen LogP contribution in [0.5, 0.6) is 0 Å². The van der Waals surface area contributed by atoms with Crippen LogP contribution in [0.3, 0.4) is 0 Å². The van der Waals surface area contributed by atoms with Crippen LogP contribution in [-0.2, 0) is 18.6 Å². The van der Waals surface area contributed by atoms with E-state index in [1.807, 2.05) is 0 Å². The monoisotopic (exact) mass is 430 g/mol. The predicted molar refractivity (Wildman–Crippen MR) is 95.0 cm³/mol. The molecule has 30 heavy (non-hydrogen) atoms. The molecule has 3 aromatic rings. The molecule has 4 rings (SSSR count). The van der Waals surface area contributed by atoms with Gasteiger partial charge in [-0.3, -0.25) is 14.5 Å². The van der Waals surface area contributed by atoms with Crippen LogP contribution in [0.25, 0.3) is 10.9 Å². The normalized spacial score (nSPS) is 17.3. The molecule has 0 N–H and O–H groups in total. The molecule has 1 aliphatic rings. The fraction of sp³-hybridized carbons (Fsp3) is 0.421. The lowest BCUT2D eigenvalue weighted by Gasteiger charge is -2.33. The van der Waals surface area contributed by atoms with Crippen molar-refractivity contribution < 1.29 is 26.3 Å². The lowest BCUT2D eigenvalue weighted by Crippen LogP contribution is -2.42. The van der Waals surface area contributed by atoms with Crippen LogP contribution in [0.4, 0.5) is 26.3 Å². The molecular weight excluding hydrogens is 414 g/mol. The molecule has 0 aliphatic heterocycles. The van der Waals surface area contributed by atoms with Gasteiger partial charge in [-0.05, 0) is 37.5 Å². The van der Waals surface area contributed by atoms with Crippen molar-refractivity contribution in [2.24, 2.45) is 7.05 Å². The second kappa shape index (κ2) is 6.32. The van der Waals surface area contributed by atoms with Gasteiger partial charge in [0.25, 0.3) is 5.56 Å². The van der Waals surface area contributed by atoms with Crippen molar-refractivity contribution in [1.29, 1.82) is 0 Å². The number of fused-ring (bicyclic) bond motifs is 1. The van der Waals surface area contributed by atoms with Crippen molar-refractivity contribution in [2.45, 2.75) is 43.6 Å². The van der Waals surface area contributed by atoms with E-state index < -0.39 is 34.6 Å². The van der Waals surface area contributed by atoms with Gasteiger partial charge in [0.1, 0.15) is 11.1 Å². The maximum absolute atomic E-state index is 14.3. The highest BCUT2D eigenvalue weighted by molar-refractivity contribution is 5.82. The highest BCUT2D eigenvalue weighted by Gasteiger charge is 2.56. The van der Waals surface area contributed by atoms with Gasteiger partial charge in [0.05, 0.1) is 5.69 Å². The SMILES string of the molecule is Cn1nc2c(=O)n(C3CC3)ccc2c1C(C)(c1ccc(C(F)(F)F)nc1)C(F)(F)F. The second-order valence-electron chi connectivity index (χ2n) is 7.55. The van der Waals surface area contributed by atoms with Gasteiger partial charge in [0.2, 0.25) is 0 Å². The van der Waals surface area contributed by atoms with E-state index in [0.717, 1.165) is 30.5 Å². The average Bonchev–Trinajstić information content (AvgIpc) is 3.42. The quantitative estimate of drug-likeness (QED) is 0.581. The molecule has 1 atom stereocenters. The Kier molecular flexibility index (Phi) is 4.30. The number of pyridine rings is 2. The van der Waals surface area contributed by atoms with E-state index in [0.29, 0.717) is 12.3 Å². The molecule has 0 aromatic carbocycles. The number of aromatic nitrogens is 4. The van der Waals surface area contributed by atoms with Gasteiger partial charge < -0.3 is 4.57 Å². The maximum Gasteiger partial charge on any atom is 0.433 e. The van der Waals surface area contributed by atoms with Crippen molar-refractivity contribution in [3.05, 3.63) is 57.9 Å². The van der Waals surface area contributed by atoms with Crippen LogP contribution in [0.15, 0.2) is 35.4 Å². The molecule has 0 saturated heterocycles. The van der Waals surface area contributed by atoms with E-state index in [4.69, 9.17) is 0 Å². The van der Waals surface area contributed by atoms with Gasteiger partial charge in [0.15, 0.2) is 5.52 Å². The molecule has 1 unspecified atom stereocenters. The molecule has 3 aromatic heterocycles. The van der Waals surface area contributed by atoms with E-state index in [9.17, 15) is 31.1 Å². The zero-order valence-corrected chi connectivity index (χ0v) is 15.8. The molecule has 0 bridgehead atoms. The lowest BCUT2D eigenvalue weighted by atomic mass is 9.78. The second-order valence-corrected chi connectivity index (χ2v) is 7.55. The van der Waals surface area contributed by atoms with Crippen molar-refractivity contribution in [1.82, 2.24) is 19.3 Å². The first-order valence-electron chi connectivity index (χ1n) is 9.04. The molecule has 3 heterocycles. The fourth-order valence-corrected chi connectivity index (χ4v) is 3.73. The van der Waals surface area contributed by atoms with Crippen LogP contribution >= 0.6 is 0 Å². The summed E-state index contributed by atoms with van der Waals surface area (Å²) in [5.74, 6) is 0. The summed E-state index contributed by atoms with van der Waals surface area (Å²) in [4.78, 5) is 15.9. The molecule has 1 saturated carbocycles. The zero-order chi connectivity index (χ0) is 22.1. The minimum Gasteiger partial charge on any atom is -0.311 e. The van der Waals surface area contributed by atoms with Crippen LogP contribution in [-0.4, -0.2) is 25.5 Å². The van der Waals surface area contributed by atoms with E-state index in [1.165, 1.54) is 23.9 Å². The van der Waals surface area contributed by atoms with Crippen molar-refractivity contribution in [2.75, 3.05) is 0 Å². The number of rotatable bonds is 3. The first-order chi connectivity index (χ1) is 13.9. The fourth-order valence-electron chi connectivity index (χ4n) is 3.73. The van der Waals surface area contributed by atoms with Gasteiger partial charge >= 0.3 is 12.4 Å². The zero-order valence-electron chi connectivity index (χ0n) is 15.8. The van der Waals surface area contributed by atoms with Crippen LogP contribution < -0.4 is 5.56 Å². The Bertz CT molecular complexity index is 1170. The number of alkyl halides is 6. The van der Waals surface area contributed by atoms with Gasteiger partial charge in [-0.1, -0.05) is 6.07 Å². The van der Waals surface area contributed by atoms with E-state index in [2.05, 4.69) is 10.1 Å². The summed E-state index contributed by atoms with van der Waals surface area (Å²) in [6.07, 6.45) is -6.05. The average molecular weight is 430 g/mol. The molecule has 1 aliphatic carbocycles. The third kappa shape index (κ3) is 2.98. The van der Waals surface area contributed by atoms with Crippen molar-refractivity contribution >= 4 is 10.9 Å². The smallest absolute Gasteiger partial charge is 0.311 e. The Labute approximate surface area is 165 Å². The number of hydrogen-bond donors (Lipinski definition) is 0. The largest absolute Gasteiger partial charge is 0.433 e. The van der Waals surface area contributed by atoms with E-state index in [-0.39, 0.29) is 22.6 Å². The molecule has 0 radical (unpaired) electrons. The summed E-state index contributed by atoms with van der Waals surface area (Å²) < 4.78 is 83.9. The third-order valence-electron chi connectivity index (χ3n) is 5.53. The Balaban J connectivity index is 1.96. The highest BCUT2D eigenvalue weighted by Crippen LogP contribution is 2.48. The Hall–Kier alpha value is -2.85. The molecule has 5 nitrogen and oxygen atoms in total. The summed E-state index contributed by atoms with van der Waals surface area (Å²) in [5.41, 5.74) is -5.47. The summed E-state index contributed by atoms with van der Waals surface area (Å²) in [5, 5.41) is 4.03. The topological polar surface area (TPSA) is 52.7 Å². The van der Waals surface area contributed by atoms with Crippen LogP contribution in [0.1, 0.15) is 42.8 Å². The molecule has 11 heteroatoms. The predicted octanol–water partition coefficient (Wildman–Crippen LogP) is 4.35. The summed E-state index contributed by atoms with van der Waals surface area (Å²) >= 11 is 0. The first-order valence-corrected chi connectivity index (χ1v) is 9.04. The number of hydrogen-bond acceptors (Lipinski definition) is 3. The summed E-state index contributed by atoms with van der Waals surface area (Å²) in [6.45, 7) is 0.847. The van der Waals surface area contributed by atoms with Crippen LogP contribution in [0.2, 0.25) is 0 Å². The Morgan fingerprint density at radius 1 is 1.07 bits per heavy atom. The summed E-state index contributed by atoms with van der Waals surface area (Å²) in [6, 6.07) is 2.69. The van der Waals surface area contributed by atoms with E-state index >= 15 is 0 Å². The minimum absolute atomic E-state index is 0.000812. The molecule has 1 fully saturated rings. The van der Waals surface area contributed by atoms with Gasteiger partial charge in [-0.25, -0.2) is 0 Å². The van der Waals surface area contributed by atoms with Crippen molar-refractivity contribution in [3.63, 3.8) is 0 Å². The number of halogens is 6. The molecule has 160 valence electrons. The third-order valence-corrected chi connectivity index (χ3v) is 5.53. The Morgan fingerprint density at radius 3 is 2.23 bits per heavy atom. The molecular formula is C19H16F6N4O. The standard InChI is InChI=1S/C19H16F6N4O/c1-17(19(23,24)25,10-3-6-13(26-9-10)18(20,21)22)15-12-7-8-29(11-4-5-11)16(30)14(12)27-28(15)2/h3,6-9,11H,4-5H2,1-2H3. The Morgan fingerprint density at radius 2 is 1.73 bits per heavy atom. The van der Waals surface area contributed by atoms with Gasteiger partial charge in [-0.15, -0.1) is 0 Å². The molecule has 0 spiro atoms. The number of aryl methyl sites for hydroxylation is 1. The maximum atomic E-state index is 14.3. The summed E-state index contributed by atoms with van der Waals surface area (Å²) in [7, 11) is 1.28. The minimum atomic E-state index is -4.90. The van der Waals surface area contributed by atoms with Crippen LogP contribution in [0, 0.1) is 0 Å². The highest BCUT2D eigenvalue weighted by atomic mass is 19.4. The van der Waals surface area contributed by atoms with E-state index in [1.54, 1.807) is 0 Å². The van der Waals surface area contributed by atoms with Crippen molar-refractivity contribution in [3.8, 4) is 0 Å². The number of nitrogens with zero attached hydrogens (tertiary/aromatic N) is 4.